The van der Waals surface area contributed by atoms with Gasteiger partial charge in [0, 0.05) is 17.7 Å². The summed E-state index contributed by atoms with van der Waals surface area (Å²) in [6.45, 7) is 0. The van der Waals surface area contributed by atoms with Gasteiger partial charge in [0.1, 0.15) is 0 Å². The van der Waals surface area contributed by atoms with E-state index in [4.69, 9.17) is 0 Å². The standard InChI is InChI=1S/C14H8NO3/c16-8-10-5-11(15(17)18)7-14-12-4-2-1-3-9(12)6-13(10)14/h1-5,7H,6H2. The van der Waals surface area contributed by atoms with Crippen LogP contribution in [0.3, 0.4) is 0 Å². The summed E-state index contributed by atoms with van der Waals surface area (Å²) in [5.41, 5.74) is 3.88. The Bertz CT molecular complexity index is 677. The summed E-state index contributed by atoms with van der Waals surface area (Å²) in [4.78, 5) is 21.3. The fourth-order valence-corrected chi connectivity index (χ4v) is 2.41. The Morgan fingerprint density at radius 1 is 1.17 bits per heavy atom. The van der Waals surface area contributed by atoms with Crippen molar-refractivity contribution < 1.29 is 9.72 Å². The van der Waals surface area contributed by atoms with Crippen LogP contribution < -0.4 is 0 Å². The number of non-ortho nitro benzene ring substituents is 1. The molecule has 0 aromatic heterocycles. The molecule has 0 heterocycles. The molecule has 0 spiro atoms. The highest BCUT2D eigenvalue weighted by molar-refractivity contribution is 5.89. The average Bonchev–Trinajstić information content (AvgIpc) is 2.76. The predicted octanol–water partition coefficient (Wildman–Crippen LogP) is 2.62. The van der Waals surface area contributed by atoms with E-state index in [0.29, 0.717) is 6.42 Å². The highest BCUT2D eigenvalue weighted by Gasteiger charge is 2.24. The second-order valence-corrected chi connectivity index (χ2v) is 4.21. The van der Waals surface area contributed by atoms with E-state index in [1.54, 1.807) is 6.29 Å². The van der Waals surface area contributed by atoms with Crippen molar-refractivity contribution in [2.45, 2.75) is 6.42 Å². The third-order valence-corrected chi connectivity index (χ3v) is 3.23. The quantitative estimate of drug-likeness (QED) is 0.509. The Morgan fingerprint density at radius 3 is 2.67 bits per heavy atom. The summed E-state index contributed by atoms with van der Waals surface area (Å²) in [7, 11) is 0. The highest BCUT2D eigenvalue weighted by atomic mass is 16.6. The molecule has 0 amide bonds. The number of fused-ring (bicyclic) bond motifs is 3. The van der Waals surface area contributed by atoms with E-state index in [1.807, 2.05) is 24.3 Å². The molecule has 1 aliphatic carbocycles. The first-order chi connectivity index (χ1) is 8.70. The van der Waals surface area contributed by atoms with Gasteiger partial charge in [-0.2, -0.15) is 0 Å². The third kappa shape index (κ3) is 1.43. The first kappa shape index (κ1) is 10.7. The summed E-state index contributed by atoms with van der Waals surface area (Å²) in [5.74, 6) is 0. The molecule has 0 aliphatic heterocycles. The largest absolute Gasteiger partial charge is 0.285 e. The fourth-order valence-electron chi connectivity index (χ4n) is 2.41. The molecule has 18 heavy (non-hydrogen) atoms. The lowest BCUT2D eigenvalue weighted by Gasteiger charge is -2.02. The van der Waals surface area contributed by atoms with E-state index in [0.717, 1.165) is 22.3 Å². The minimum absolute atomic E-state index is 0.0659. The Morgan fingerprint density at radius 2 is 1.94 bits per heavy atom. The van der Waals surface area contributed by atoms with Crippen LogP contribution in [-0.4, -0.2) is 11.2 Å². The number of nitro groups is 1. The van der Waals surface area contributed by atoms with Crippen molar-refractivity contribution in [2.24, 2.45) is 0 Å². The van der Waals surface area contributed by atoms with E-state index >= 15 is 0 Å². The molecule has 0 N–H and O–H groups in total. The Kier molecular flexibility index (Phi) is 2.23. The van der Waals surface area contributed by atoms with Crippen LogP contribution in [0.15, 0.2) is 36.4 Å². The smallest absolute Gasteiger partial charge is 0.270 e. The Hall–Kier alpha value is -2.49. The van der Waals surface area contributed by atoms with Crippen LogP contribution in [0, 0.1) is 10.1 Å². The third-order valence-electron chi connectivity index (χ3n) is 3.23. The maximum Gasteiger partial charge on any atom is 0.270 e. The molecular weight excluding hydrogens is 230 g/mol. The minimum atomic E-state index is -0.484. The van der Waals surface area contributed by atoms with Crippen molar-refractivity contribution in [2.75, 3.05) is 0 Å². The lowest BCUT2D eigenvalue weighted by atomic mass is 10.0. The zero-order chi connectivity index (χ0) is 12.7. The Labute approximate surface area is 103 Å². The second kappa shape index (κ2) is 3.77. The number of hydrogen-bond donors (Lipinski definition) is 0. The number of carbonyl (C=O) groups excluding carboxylic acids is 1. The SMILES string of the molecule is O=[C]c1cc([N+](=O)[O-])cc2c1Cc1ccccc1-2. The first-order valence-corrected chi connectivity index (χ1v) is 5.48. The molecule has 0 bridgehead atoms. The van der Waals surface area contributed by atoms with Crippen molar-refractivity contribution in [1.29, 1.82) is 0 Å². The molecule has 4 nitrogen and oxygen atoms in total. The van der Waals surface area contributed by atoms with Gasteiger partial charge in [-0.25, -0.2) is 0 Å². The molecule has 0 fully saturated rings. The number of rotatable bonds is 2. The minimum Gasteiger partial charge on any atom is -0.285 e. The number of benzene rings is 2. The zero-order valence-electron chi connectivity index (χ0n) is 9.34. The number of hydrogen-bond acceptors (Lipinski definition) is 3. The van der Waals surface area contributed by atoms with E-state index in [1.165, 1.54) is 12.1 Å². The Balaban J connectivity index is 2.30. The van der Waals surface area contributed by atoms with Crippen molar-refractivity contribution in [1.82, 2.24) is 0 Å². The van der Waals surface area contributed by atoms with Crippen molar-refractivity contribution in [3.63, 3.8) is 0 Å². The molecule has 0 unspecified atom stereocenters. The van der Waals surface area contributed by atoms with Gasteiger partial charge in [-0.15, -0.1) is 0 Å². The van der Waals surface area contributed by atoms with E-state index in [2.05, 4.69) is 0 Å². The maximum atomic E-state index is 10.9. The van der Waals surface area contributed by atoms with E-state index in [9.17, 15) is 14.9 Å². The molecular formula is C14H8NO3. The molecule has 4 heteroatoms. The summed E-state index contributed by atoms with van der Waals surface area (Å²) < 4.78 is 0. The van der Waals surface area contributed by atoms with Crippen LogP contribution in [0.4, 0.5) is 5.69 Å². The second-order valence-electron chi connectivity index (χ2n) is 4.21. The van der Waals surface area contributed by atoms with Crippen LogP contribution in [-0.2, 0) is 11.2 Å². The topological polar surface area (TPSA) is 60.2 Å². The summed E-state index contributed by atoms with van der Waals surface area (Å²) in [6, 6.07) is 10.5. The summed E-state index contributed by atoms with van der Waals surface area (Å²) >= 11 is 0. The maximum absolute atomic E-state index is 10.9. The van der Waals surface area contributed by atoms with Gasteiger partial charge in [-0.1, -0.05) is 24.3 Å². The van der Waals surface area contributed by atoms with Gasteiger partial charge < -0.3 is 0 Å². The number of nitrogens with zero attached hydrogens (tertiary/aromatic N) is 1. The van der Waals surface area contributed by atoms with Crippen LogP contribution in [0.1, 0.15) is 16.7 Å². The first-order valence-electron chi connectivity index (χ1n) is 5.48. The summed E-state index contributed by atoms with van der Waals surface area (Å²) in [6.07, 6.45) is 2.44. The van der Waals surface area contributed by atoms with Gasteiger partial charge in [-0.3, -0.25) is 14.9 Å². The molecule has 0 saturated heterocycles. The van der Waals surface area contributed by atoms with E-state index < -0.39 is 4.92 Å². The molecule has 0 saturated carbocycles. The van der Waals surface area contributed by atoms with Crippen LogP contribution in [0.5, 0.6) is 0 Å². The summed E-state index contributed by atoms with van der Waals surface area (Å²) in [5, 5.41) is 10.9. The molecule has 0 atom stereocenters. The lowest BCUT2D eigenvalue weighted by molar-refractivity contribution is -0.384. The highest BCUT2D eigenvalue weighted by Crippen LogP contribution is 2.39. The average molecular weight is 238 g/mol. The normalized spacial score (nSPS) is 11.8. The van der Waals surface area contributed by atoms with Crippen molar-refractivity contribution in [3.8, 4) is 11.1 Å². The van der Waals surface area contributed by atoms with Gasteiger partial charge in [0.2, 0.25) is 6.29 Å². The molecule has 3 rings (SSSR count). The molecule has 87 valence electrons. The monoisotopic (exact) mass is 238 g/mol. The molecule has 2 aromatic carbocycles. The fraction of sp³-hybridized carbons (Fsp3) is 0.0714. The van der Waals surface area contributed by atoms with Crippen LogP contribution >= 0.6 is 0 Å². The van der Waals surface area contributed by atoms with Crippen molar-refractivity contribution in [3.05, 3.63) is 63.2 Å². The van der Waals surface area contributed by atoms with Gasteiger partial charge in [0.25, 0.3) is 5.69 Å². The van der Waals surface area contributed by atoms with Gasteiger partial charge in [0.15, 0.2) is 0 Å². The lowest BCUT2D eigenvalue weighted by Crippen LogP contribution is -1.95. The van der Waals surface area contributed by atoms with Gasteiger partial charge in [-0.05, 0) is 28.7 Å². The van der Waals surface area contributed by atoms with Gasteiger partial charge >= 0.3 is 0 Å². The van der Waals surface area contributed by atoms with Gasteiger partial charge in [0.05, 0.1) is 4.92 Å². The molecule has 2 aromatic rings. The predicted molar refractivity (Wildman–Crippen MR) is 66.1 cm³/mol. The molecule has 1 radical (unpaired) electrons. The molecule has 1 aliphatic rings. The van der Waals surface area contributed by atoms with E-state index in [-0.39, 0.29) is 11.3 Å². The van der Waals surface area contributed by atoms with Crippen LogP contribution in [0.2, 0.25) is 0 Å². The van der Waals surface area contributed by atoms with Crippen molar-refractivity contribution >= 4 is 12.0 Å². The van der Waals surface area contributed by atoms with Crippen LogP contribution in [0.25, 0.3) is 11.1 Å². The zero-order valence-corrected chi connectivity index (χ0v) is 9.34. The number of nitro benzene ring substituents is 1.